The third-order valence-electron chi connectivity index (χ3n) is 3.61. The molecule has 6 nitrogen and oxygen atoms in total. The lowest BCUT2D eigenvalue weighted by atomic mass is 10.1. The fourth-order valence-electron chi connectivity index (χ4n) is 2.31. The second-order valence-corrected chi connectivity index (χ2v) is 6.22. The van der Waals surface area contributed by atoms with E-state index >= 15 is 0 Å². The van der Waals surface area contributed by atoms with Gasteiger partial charge in [0.2, 0.25) is 5.82 Å². The van der Waals surface area contributed by atoms with Crippen LogP contribution in [0.1, 0.15) is 16.1 Å². The summed E-state index contributed by atoms with van der Waals surface area (Å²) in [5.41, 5.74) is -0.842. The highest BCUT2D eigenvalue weighted by atomic mass is 79.9. The summed E-state index contributed by atoms with van der Waals surface area (Å²) in [5.74, 6) is -10.7. The van der Waals surface area contributed by atoms with Crippen LogP contribution in [0, 0.1) is 29.1 Å². The van der Waals surface area contributed by atoms with Crippen molar-refractivity contribution >= 4 is 27.7 Å². The lowest BCUT2D eigenvalue weighted by Crippen LogP contribution is -2.17. The van der Waals surface area contributed by atoms with Gasteiger partial charge in [0.1, 0.15) is 5.69 Å². The molecule has 1 aromatic carbocycles. The van der Waals surface area contributed by atoms with Crippen LogP contribution in [0.4, 0.5) is 27.8 Å². The average Bonchev–Trinajstić information content (AvgIpc) is 3.21. The number of aryl methyl sites for hydroxylation is 1. The summed E-state index contributed by atoms with van der Waals surface area (Å²) < 4.78 is 69.7. The van der Waals surface area contributed by atoms with Crippen molar-refractivity contribution in [2.75, 3.05) is 5.32 Å². The zero-order chi connectivity index (χ0) is 19.9. The van der Waals surface area contributed by atoms with Crippen LogP contribution in [-0.4, -0.2) is 25.5 Å². The highest BCUT2D eigenvalue weighted by Gasteiger charge is 2.26. The fraction of sp³-hybridized carbons (Fsp3) is 0.133. The second-order valence-electron chi connectivity index (χ2n) is 5.37. The first kappa shape index (κ1) is 19.0. The van der Waals surface area contributed by atoms with Crippen LogP contribution in [0.3, 0.4) is 0 Å². The number of rotatable bonds is 4. The van der Waals surface area contributed by atoms with Crippen LogP contribution in [0.25, 0.3) is 0 Å². The summed E-state index contributed by atoms with van der Waals surface area (Å²) in [6.45, 7) is -0.725. The molecule has 0 fully saturated rings. The summed E-state index contributed by atoms with van der Waals surface area (Å²) in [4.78, 5) is 12.2. The number of amides is 1. The number of nitrogens with one attached hydrogen (secondary N) is 1. The minimum absolute atomic E-state index is 0.0111. The average molecular weight is 450 g/mol. The number of carbonyl (C=O) groups excluding carboxylic acids is 1. The van der Waals surface area contributed by atoms with Gasteiger partial charge in [0, 0.05) is 19.3 Å². The van der Waals surface area contributed by atoms with Gasteiger partial charge in [-0.1, -0.05) is 0 Å². The lowest BCUT2D eigenvalue weighted by Gasteiger charge is -2.08. The molecular formula is C15H9BrF5N5O. The van der Waals surface area contributed by atoms with E-state index in [1.165, 1.54) is 23.1 Å². The van der Waals surface area contributed by atoms with Crippen molar-refractivity contribution in [2.45, 2.75) is 6.54 Å². The van der Waals surface area contributed by atoms with Crippen LogP contribution >= 0.6 is 15.9 Å². The van der Waals surface area contributed by atoms with Crippen molar-refractivity contribution in [1.29, 1.82) is 0 Å². The minimum atomic E-state index is -2.23. The van der Waals surface area contributed by atoms with Gasteiger partial charge >= 0.3 is 0 Å². The molecule has 0 atom stereocenters. The first-order valence-electron chi connectivity index (χ1n) is 7.23. The molecule has 27 heavy (non-hydrogen) atoms. The number of anilines is 1. The lowest BCUT2D eigenvalue weighted by molar-refractivity contribution is 0.101. The molecule has 2 aromatic heterocycles. The predicted molar refractivity (Wildman–Crippen MR) is 86.4 cm³/mol. The Labute approximate surface area is 156 Å². The quantitative estimate of drug-likeness (QED) is 0.377. The zero-order valence-electron chi connectivity index (χ0n) is 13.4. The maximum absolute atomic E-state index is 13.7. The van der Waals surface area contributed by atoms with E-state index in [-0.39, 0.29) is 11.5 Å². The normalized spacial score (nSPS) is 11.1. The van der Waals surface area contributed by atoms with Gasteiger partial charge in [-0.05, 0) is 15.9 Å². The smallest absolute Gasteiger partial charge is 0.276 e. The molecule has 0 bridgehead atoms. The molecule has 0 aliphatic carbocycles. The SMILES string of the molecule is Cn1ncc(Br)c1C(=O)Nc1ccn(Cc2c(F)c(F)c(F)c(F)c2F)n1. The van der Waals surface area contributed by atoms with Crippen molar-refractivity contribution in [2.24, 2.45) is 7.05 Å². The molecule has 2 heterocycles. The summed E-state index contributed by atoms with van der Waals surface area (Å²) in [7, 11) is 1.54. The summed E-state index contributed by atoms with van der Waals surface area (Å²) >= 11 is 3.16. The maximum atomic E-state index is 13.7. The Balaban J connectivity index is 1.83. The van der Waals surface area contributed by atoms with Gasteiger partial charge in [0.25, 0.3) is 5.91 Å². The molecule has 1 N–H and O–H groups in total. The van der Waals surface area contributed by atoms with E-state index in [1.54, 1.807) is 7.05 Å². The van der Waals surface area contributed by atoms with E-state index in [0.717, 1.165) is 4.68 Å². The Morgan fingerprint density at radius 3 is 2.26 bits per heavy atom. The third kappa shape index (κ3) is 3.44. The molecule has 0 aliphatic heterocycles. The van der Waals surface area contributed by atoms with Crippen LogP contribution in [0.15, 0.2) is 22.9 Å². The van der Waals surface area contributed by atoms with Crippen LogP contribution in [-0.2, 0) is 13.6 Å². The molecule has 3 aromatic rings. The third-order valence-corrected chi connectivity index (χ3v) is 4.19. The van der Waals surface area contributed by atoms with Crippen molar-refractivity contribution in [1.82, 2.24) is 19.6 Å². The standard InChI is InChI=1S/C15H9BrF5N5O/c1-25-14(7(16)4-22-25)15(27)23-8-2-3-26(24-8)5-6-9(17)11(19)13(21)12(20)10(6)18/h2-4H,5H2,1H3,(H,23,24,27). The van der Waals surface area contributed by atoms with Gasteiger partial charge in [-0.3, -0.25) is 14.2 Å². The molecule has 0 saturated carbocycles. The monoisotopic (exact) mass is 449 g/mol. The summed E-state index contributed by atoms with van der Waals surface area (Å²) in [5, 5.41) is 10.2. The molecule has 3 rings (SSSR count). The van der Waals surface area contributed by atoms with Crippen LogP contribution in [0.5, 0.6) is 0 Å². The number of hydrogen-bond acceptors (Lipinski definition) is 3. The van der Waals surface area contributed by atoms with Crippen molar-refractivity contribution in [3.05, 3.63) is 63.3 Å². The topological polar surface area (TPSA) is 64.7 Å². The Bertz CT molecular complexity index is 999. The predicted octanol–water partition coefficient (Wildman–Crippen LogP) is 3.38. The first-order chi connectivity index (χ1) is 12.7. The number of hydrogen-bond donors (Lipinski definition) is 1. The molecule has 0 spiro atoms. The molecule has 0 unspecified atom stereocenters. The Morgan fingerprint density at radius 1 is 1.11 bits per heavy atom. The first-order valence-corrected chi connectivity index (χ1v) is 8.02. The van der Waals surface area contributed by atoms with E-state index in [4.69, 9.17) is 0 Å². The Kier molecular flexibility index (Phi) is 5.00. The van der Waals surface area contributed by atoms with Crippen LogP contribution < -0.4 is 5.32 Å². The molecule has 1 amide bonds. The number of nitrogens with zero attached hydrogens (tertiary/aromatic N) is 4. The van der Waals surface area contributed by atoms with Crippen LogP contribution in [0.2, 0.25) is 0 Å². The number of benzene rings is 1. The largest absolute Gasteiger partial charge is 0.304 e. The van der Waals surface area contributed by atoms with Gasteiger partial charge in [-0.25, -0.2) is 22.0 Å². The van der Waals surface area contributed by atoms with E-state index in [1.807, 2.05) is 0 Å². The highest BCUT2D eigenvalue weighted by Crippen LogP contribution is 2.24. The van der Waals surface area contributed by atoms with Gasteiger partial charge < -0.3 is 5.32 Å². The number of halogens is 6. The van der Waals surface area contributed by atoms with Gasteiger partial charge in [-0.2, -0.15) is 10.2 Å². The Morgan fingerprint density at radius 2 is 1.70 bits per heavy atom. The molecule has 0 aliphatic rings. The molecular weight excluding hydrogens is 441 g/mol. The van der Waals surface area contributed by atoms with Crippen molar-refractivity contribution in [3.63, 3.8) is 0 Å². The summed E-state index contributed by atoms with van der Waals surface area (Å²) in [6.07, 6.45) is 2.63. The zero-order valence-corrected chi connectivity index (χ0v) is 15.0. The molecule has 12 heteroatoms. The van der Waals surface area contributed by atoms with E-state index < -0.39 is 47.1 Å². The minimum Gasteiger partial charge on any atom is -0.304 e. The fourth-order valence-corrected chi connectivity index (χ4v) is 2.84. The summed E-state index contributed by atoms with van der Waals surface area (Å²) in [6, 6.07) is 1.30. The molecule has 0 radical (unpaired) electrons. The van der Waals surface area contributed by atoms with Crippen molar-refractivity contribution < 1.29 is 26.7 Å². The molecule has 0 saturated heterocycles. The van der Waals surface area contributed by atoms with Gasteiger partial charge in [0.05, 0.1) is 22.8 Å². The second kappa shape index (κ2) is 7.10. The van der Waals surface area contributed by atoms with Gasteiger partial charge in [-0.15, -0.1) is 0 Å². The van der Waals surface area contributed by atoms with E-state index in [9.17, 15) is 26.7 Å². The number of carbonyl (C=O) groups is 1. The molecule has 142 valence electrons. The van der Waals surface area contributed by atoms with Gasteiger partial charge in [0.15, 0.2) is 29.1 Å². The maximum Gasteiger partial charge on any atom is 0.276 e. The van der Waals surface area contributed by atoms with E-state index in [0.29, 0.717) is 4.47 Å². The highest BCUT2D eigenvalue weighted by molar-refractivity contribution is 9.10. The van der Waals surface area contributed by atoms with Crippen molar-refractivity contribution in [3.8, 4) is 0 Å². The van der Waals surface area contributed by atoms with E-state index in [2.05, 4.69) is 31.4 Å². The number of aromatic nitrogens is 4. The Hall–Kier alpha value is -2.76.